The summed E-state index contributed by atoms with van der Waals surface area (Å²) >= 11 is 0. The summed E-state index contributed by atoms with van der Waals surface area (Å²) in [5.41, 5.74) is 4.87. The van der Waals surface area contributed by atoms with Crippen molar-refractivity contribution in [2.24, 2.45) is 0 Å². The van der Waals surface area contributed by atoms with Crippen LogP contribution in [0.5, 0.6) is 0 Å². The number of benzene rings is 6. The number of anilines is 4. The number of fused-ring (bicyclic) bond motifs is 2. The number of urea groups is 2. The number of rotatable bonds is 29. The predicted molar refractivity (Wildman–Crippen MR) is 324 cm³/mol. The van der Waals surface area contributed by atoms with Crippen LogP contribution in [0.25, 0.3) is 32.7 Å². The molecule has 0 aliphatic rings. The summed E-state index contributed by atoms with van der Waals surface area (Å²) in [5.74, 6) is 0. The van der Waals surface area contributed by atoms with Gasteiger partial charge in [-0.3, -0.25) is 0 Å². The lowest BCUT2D eigenvalue weighted by Crippen LogP contribution is -3.00. The molecule has 4 N–H and O–H groups in total. The van der Waals surface area contributed by atoms with Crippen molar-refractivity contribution in [2.45, 2.75) is 158 Å². The van der Waals surface area contributed by atoms with Crippen LogP contribution in [-0.4, -0.2) is 73.4 Å². The Balaban J connectivity index is 0.000000460. The maximum atomic E-state index is 12.6. The molecule has 8 nitrogen and oxygen atoms in total. The number of halogens is 2. The molecule has 0 saturated carbocycles. The third kappa shape index (κ3) is 23.5. The van der Waals surface area contributed by atoms with Gasteiger partial charge in [0.25, 0.3) is 0 Å². The number of nitrogens with one attached hydrogen (secondary N) is 4. The largest absolute Gasteiger partial charge is 1.00 e. The quantitative estimate of drug-likeness (QED) is 0.0353. The zero-order chi connectivity index (χ0) is 53.3. The Kier molecular flexibility index (Phi) is 34.4. The van der Waals surface area contributed by atoms with E-state index in [4.69, 9.17) is 0 Å². The molecule has 0 radical (unpaired) electrons. The second-order valence-corrected chi connectivity index (χ2v) is 20.7. The average molecular weight is 1170 g/mol. The molecule has 0 unspecified atom stereocenters. The monoisotopic (exact) mass is 1160 g/mol. The second kappa shape index (κ2) is 38.8. The molecule has 0 atom stereocenters. The molecule has 0 aliphatic heterocycles. The minimum Gasteiger partial charge on any atom is -1.00 e. The maximum Gasteiger partial charge on any atom is 0.323 e. The summed E-state index contributed by atoms with van der Waals surface area (Å²) in [6, 6.07) is 42.1. The maximum absolute atomic E-state index is 12.6. The van der Waals surface area contributed by atoms with Gasteiger partial charge in [-0.05, 0) is 110 Å². The fraction of sp³-hybridized carbons (Fsp3) is 0.485. The lowest BCUT2D eigenvalue weighted by Gasteiger charge is -2.39. The van der Waals surface area contributed by atoms with E-state index in [1.165, 1.54) is 164 Å². The Morgan fingerprint density at radius 2 is 0.566 bits per heavy atom. The van der Waals surface area contributed by atoms with E-state index in [0.717, 1.165) is 44.0 Å². The molecule has 6 aromatic rings. The number of carbonyl (C=O) groups is 2. The van der Waals surface area contributed by atoms with E-state index in [2.05, 4.69) is 76.7 Å². The average Bonchev–Trinajstić information content (AvgIpc) is 3.43. The Morgan fingerprint density at radius 3 is 0.829 bits per heavy atom. The molecular formula is C66H98Br2N6O2. The van der Waals surface area contributed by atoms with E-state index in [0.29, 0.717) is 11.4 Å². The highest BCUT2D eigenvalue weighted by Gasteiger charge is 2.26. The van der Waals surface area contributed by atoms with Crippen molar-refractivity contribution in [3.05, 3.63) is 133 Å². The Labute approximate surface area is 482 Å². The molecule has 0 aromatic heterocycles. The van der Waals surface area contributed by atoms with Gasteiger partial charge in [0.15, 0.2) is 0 Å². The summed E-state index contributed by atoms with van der Waals surface area (Å²) in [7, 11) is 0. The van der Waals surface area contributed by atoms with Gasteiger partial charge in [-0.1, -0.05) is 204 Å². The van der Waals surface area contributed by atoms with Crippen LogP contribution in [0.2, 0.25) is 0 Å². The molecule has 6 aromatic carbocycles. The van der Waals surface area contributed by atoms with Crippen LogP contribution < -0.4 is 55.2 Å². The van der Waals surface area contributed by atoms with Crippen LogP contribution in [0.1, 0.15) is 158 Å². The first-order chi connectivity index (χ1) is 36.1. The zero-order valence-electron chi connectivity index (χ0n) is 48.1. The van der Waals surface area contributed by atoms with Crippen LogP contribution in [0.15, 0.2) is 133 Å². The van der Waals surface area contributed by atoms with E-state index in [1.807, 2.05) is 133 Å². The summed E-state index contributed by atoms with van der Waals surface area (Å²) in [6.45, 7) is 30.0. The Hall–Kier alpha value is -4.74. The van der Waals surface area contributed by atoms with Crippen molar-refractivity contribution in [1.29, 1.82) is 0 Å². The number of carbonyl (C=O) groups excluding carboxylic acids is 2. The SMILES string of the molecule is CCCC[N+](CCCC)(CCCC)CCCC.CCCC[N+](CCCC)(CCCC)CCCC.O=C(Nc1ccc(-c2ccc(NC(=O)Nc3cccc4ccccc34)cc2)cc1)Nc1cccc2ccccc12.[Br-].[Br-]. The molecule has 0 aliphatic carbocycles. The van der Waals surface area contributed by atoms with Gasteiger partial charge in [-0.15, -0.1) is 0 Å². The Morgan fingerprint density at radius 1 is 0.316 bits per heavy atom. The summed E-state index contributed by atoms with van der Waals surface area (Å²) in [6.07, 6.45) is 22.1. The number of nitrogens with zero attached hydrogens (tertiary/aromatic N) is 2. The first-order valence-corrected chi connectivity index (χ1v) is 29.1. The molecule has 76 heavy (non-hydrogen) atoms. The molecule has 6 rings (SSSR count). The lowest BCUT2D eigenvalue weighted by molar-refractivity contribution is -0.929. The minimum atomic E-state index is -0.304. The molecule has 0 bridgehead atoms. The van der Waals surface area contributed by atoms with E-state index in [1.54, 1.807) is 0 Å². The van der Waals surface area contributed by atoms with Gasteiger partial charge in [0, 0.05) is 22.1 Å². The first-order valence-electron chi connectivity index (χ1n) is 29.1. The number of unbranched alkanes of at least 4 members (excludes halogenated alkanes) is 8. The molecule has 4 amide bonds. The summed E-state index contributed by atoms with van der Waals surface area (Å²) in [5, 5.41) is 15.8. The van der Waals surface area contributed by atoms with Crippen molar-refractivity contribution < 1.29 is 52.5 Å². The third-order valence-electron chi connectivity index (χ3n) is 14.6. The van der Waals surface area contributed by atoms with Crippen molar-refractivity contribution >= 4 is 56.4 Å². The van der Waals surface area contributed by atoms with Gasteiger partial charge < -0.3 is 64.2 Å². The van der Waals surface area contributed by atoms with Gasteiger partial charge in [-0.25, -0.2) is 9.59 Å². The van der Waals surface area contributed by atoms with Crippen molar-refractivity contribution in [3.63, 3.8) is 0 Å². The van der Waals surface area contributed by atoms with Crippen LogP contribution in [-0.2, 0) is 0 Å². The van der Waals surface area contributed by atoms with E-state index in [-0.39, 0.29) is 46.0 Å². The van der Waals surface area contributed by atoms with Gasteiger partial charge >= 0.3 is 12.1 Å². The molecular weight excluding hydrogens is 1070 g/mol. The molecule has 0 fully saturated rings. The molecule has 0 heterocycles. The third-order valence-corrected chi connectivity index (χ3v) is 14.6. The van der Waals surface area contributed by atoms with E-state index in [9.17, 15) is 9.59 Å². The number of hydrogen-bond donors (Lipinski definition) is 4. The van der Waals surface area contributed by atoms with Gasteiger partial charge in [0.05, 0.1) is 63.7 Å². The van der Waals surface area contributed by atoms with Crippen molar-refractivity contribution in [2.75, 3.05) is 73.6 Å². The topological polar surface area (TPSA) is 82.3 Å². The zero-order valence-corrected chi connectivity index (χ0v) is 51.3. The van der Waals surface area contributed by atoms with E-state index >= 15 is 0 Å². The number of amides is 4. The fourth-order valence-corrected chi connectivity index (χ4v) is 10.0. The van der Waals surface area contributed by atoms with Crippen molar-refractivity contribution in [1.82, 2.24) is 0 Å². The lowest BCUT2D eigenvalue weighted by atomic mass is 10.1. The Bertz CT molecular complexity index is 2220. The van der Waals surface area contributed by atoms with E-state index < -0.39 is 0 Å². The van der Waals surface area contributed by atoms with Gasteiger partial charge in [0.2, 0.25) is 0 Å². The minimum absolute atomic E-state index is 0. The number of quaternary nitrogens is 2. The summed E-state index contributed by atoms with van der Waals surface area (Å²) in [4.78, 5) is 25.2. The smallest absolute Gasteiger partial charge is 0.323 e. The van der Waals surface area contributed by atoms with Crippen LogP contribution in [0, 0.1) is 0 Å². The number of hydrogen-bond acceptors (Lipinski definition) is 2. The molecule has 0 spiro atoms. The normalized spacial score (nSPS) is 11.0. The molecule has 418 valence electrons. The highest BCUT2D eigenvalue weighted by molar-refractivity contribution is 6.07. The second-order valence-electron chi connectivity index (χ2n) is 20.7. The van der Waals surface area contributed by atoms with Crippen LogP contribution in [0.3, 0.4) is 0 Å². The van der Waals surface area contributed by atoms with Crippen LogP contribution >= 0.6 is 0 Å². The van der Waals surface area contributed by atoms with Gasteiger partial charge in [-0.2, -0.15) is 0 Å². The fourth-order valence-electron chi connectivity index (χ4n) is 10.0. The first kappa shape index (κ1) is 67.4. The standard InChI is InChI=1S/C34H26N4O2.2C16H36N.2BrH/c39-33(37-31-13-5-9-25-7-1-3-11-29(25)31)35-27-19-15-23(16-20-27)24-17-21-28(22-18-24)36-34(40)38-32-14-6-10-26-8-2-4-12-30(26)32;2*1-5-9-13-17(14-10-6-2,15-11-7-3)16-12-8-4;;/h1-22H,(H2,35,37,39)(H2,36,38,40);2*5-16H2,1-4H3;2*1H/q;2*+1;;/p-2. The molecule has 10 heteroatoms. The van der Waals surface area contributed by atoms with Gasteiger partial charge in [0.1, 0.15) is 0 Å². The highest BCUT2D eigenvalue weighted by Crippen LogP contribution is 2.27. The molecule has 0 saturated heterocycles. The predicted octanol–water partition coefficient (Wildman–Crippen LogP) is 13.0. The van der Waals surface area contributed by atoms with Crippen LogP contribution in [0.4, 0.5) is 32.3 Å². The highest BCUT2D eigenvalue weighted by atomic mass is 79.9. The van der Waals surface area contributed by atoms with Crippen molar-refractivity contribution in [3.8, 4) is 11.1 Å². The summed E-state index contributed by atoms with van der Waals surface area (Å²) < 4.78 is 2.84.